The molecule has 0 aliphatic carbocycles. The third kappa shape index (κ3) is 2.20. The van der Waals surface area contributed by atoms with Crippen molar-refractivity contribution in [3.63, 3.8) is 0 Å². The first-order chi connectivity index (χ1) is 6.56. The van der Waals surface area contributed by atoms with Gasteiger partial charge in [-0.2, -0.15) is 0 Å². The van der Waals surface area contributed by atoms with Crippen molar-refractivity contribution >= 4 is 11.8 Å². The minimum absolute atomic E-state index is 0.236. The molecule has 0 aromatic carbocycles. The van der Waals surface area contributed by atoms with Crippen LogP contribution < -0.4 is 0 Å². The highest BCUT2D eigenvalue weighted by Gasteiger charge is 2.29. The van der Waals surface area contributed by atoms with Crippen molar-refractivity contribution in [3.8, 4) is 0 Å². The quantitative estimate of drug-likeness (QED) is 0.666. The molecule has 2 unspecified atom stereocenters. The number of aliphatic hydroxyl groups excluding tert-OH is 1. The molecule has 1 aliphatic heterocycles. The van der Waals surface area contributed by atoms with Crippen molar-refractivity contribution in [2.75, 3.05) is 0 Å². The van der Waals surface area contributed by atoms with Crippen molar-refractivity contribution in [3.05, 3.63) is 12.2 Å². The number of imide groups is 1. The zero-order valence-corrected chi connectivity index (χ0v) is 8.43. The second-order valence-electron chi connectivity index (χ2n) is 3.53. The van der Waals surface area contributed by atoms with E-state index < -0.39 is 6.10 Å². The van der Waals surface area contributed by atoms with Crippen LogP contribution in [-0.2, 0) is 9.59 Å². The Morgan fingerprint density at radius 1 is 1.36 bits per heavy atom. The van der Waals surface area contributed by atoms with Crippen LogP contribution in [-0.4, -0.2) is 34.0 Å². The van der Waals surface area contributed by atoms with Crippen molar-refractivity contribution in [2.45, 2.75) is 38.8 Å². The largest absolute Gasteiger partial charge is 0.393 e. The van der Waals surface area contributed by atoms with E-state index in [2.05, 4.69) is 0 Å². The standard InChI is InChI=1S/C10H15NO3/c1-3-8(12)6-7(2)11-9(13)4-5-10(11)14/h4-5,7-8,12H,3,6H2,1-2H3. The van der Waals surface area contributed by atoms with Crippen LogP contribution in [0.15, 0.2) is 12.2 Å². The van der Waals surface area contributed by atoms with E-state index in [4.69, 9.17) is 0 Å². The van der Waals surface area contributed by atoms with Crippen LogP contribution in [0.1, 0.15) is 26.7 Å². The molecule has 0 aromatic heterocycles. The van der Waals surface area contributed by atoms with Gasteiger partial charge in [0, 0.05) is 18.2 Å². The maximum atomic E-state index is 11.2. The highest BCUT2D eigenvalue weighted by atomic mass is 16.3. The zero-order chi connectivity index (χ0) is 10.7. The molecule has 0 aromatic rings. The fourth-order valence-electron chi connectivity index (χ4n) is 1.51. The van der Waals surface area contributed by atoms with Crippen LogP contribution in [0.2, 0.25) is 0 Å². The monoisotopic (exact) mass is 197 g/mol. The summed E-state index contributed by atoms with van der Waals surface area (Å²) < 4.78 is 0. The Morgan fingerprint density at radius 2 is 1.86 bits per heavy atom. The van der Waals surface area contributed by atoms with Crippen molar-refractivity contribution in [1.82, 2.24) is 4.90 Å². The molecule has 0 fully saturated rings. The summed E-state index contributed by atoms with van der Waals surface area (Å²) in [4.78, 5) is 23.6. The first kappa shape index (κ1) is 10.9. The maximum Gasteiger partial charge on any atom is 0.253 e. The van der Waals surface area contributed by atoms with Gasteiger partial charge in [-0.1, -0.05) is 6.92 Å². The number of carbonyl (C=O) groups is 2. The maximum absolute atomic E-state index is 11.2. The molecule has 0 radical (unpaired) electrons. The van der Waals surface area contributed by atoms with Gasteiger partial charge >= 0.3 is 0 Å². The van der Waals surface area contributed by atoms with Gasteiger partial charge in [0.2, 0.25) is 0 Å². The van der Waals surface area contributed by atoms with Crippen LogP contribution in [0.5, 0.6) is 0 Å². The second kappa shape index (κ2) is 4.37. The SMILES string of the molecule is CCC(O)CC(C)N1C(=O)C=CC1=O. The van der Waals surface area contributed by atoms with Gasteiger partial charge in [-0.15, -0.1) is 0 Å². The molecule has 1 aliphatic rings. The lowest BCUT2D eigenvalue weighted by Gasteiger charge is -2.24. The summed E-state index contributed by atoms with van der Waals surface area (Å²) in [6.07, 6.45) is 3.14. The highest BCUT2D eigenvalue weighted by Crippen LogP contribution is 2.14. The van der Waals surface area contributed by atoms with E-state index in [0.29, 0.717) is 12.8 Å². The number of aliphatic hydroxyl groups is 1. The van der Waals surface area contributed by atoms with E-state index in [9.17, 15) is 14.7 Å². The first-order valence-electron chi connectivity index (χ1n) is 4.79. The lowest BCUT2D eigenvalue weighted by atomic mass is 10.1. The summed E-state index contributed by atoms with van der Waals surface area (Å²) in [5.74, 6) is -0.573. The average molecular weight is 197 g/mol. The summed E-state index contributed by atoms with van der Waals surface area (Å²) in [5, 5.41) is 9.39. The smallest absolute Gasteiger partial charge is 0.253 e. The number of hydrogen-bond donors (Lipinski definition) is 1. The summed E-state index contributed by atoms with van der Waals surface area (Å²) >= 11 is 0. The number of amides is 2. The van der Waals surface area contributed by atoms with E-state index in [0.717, 1.165) is 0 Å². The van der Waals surface area contributed by atoms with Gasteiger partial charge < -0.3 is 5.11 Å². The zero-order valence-electron chi connectivity index (χ0n) is 8.43. The van der Waals surface area contributed by atoms with E-state index in [1.807, 2.05) is 6.92 Å². The average Bonchev–Trinajstić information content (AvgIpc) is 2.46. The van der Waals surface area contributed by atoms with Crippen LogP contribution in [0.25, 0.3) is 0 Å². The van der Waals surface area contributed by atoms with Gasteiger partial charge in [0.25, 0.3) is 11.8 Å². The van der Waals surface area contributed by atoms with Crippen LogP contribution >= 0.6 is 0 Å². The third-order valence-corrected chi connectivity index (χ3v) is 2.37. The predicted molar refractivity (Wildman–Crippen MR) is 51.4 cm³/mol. The lowest BCUT2D eigenvalue weighted by molar-refractivity contribution is -0.139. The van der Waals surface area contributed by atoms with Gasteiger partial charge in [0.1, 0.15) is 0 Å². The molecule has 2 amide bonds. The molecule has 0 bridgehead atoms. The Balaban J connectivity index is 2.57. The van der Waals surface area contributed by atoms with Crippen LogP contribution in [0, 0.1) is 0 Å². The molecular formula is C10H15NO3. The molecule has 0 saturated heterocycles. The fraction of sp³-hybridized carbons (Fsp3) is 0.600. The topological polar surface area (TPSA) is 57.6 Å². The molecule has 14 heavy (non-hydrogen) atoms. The minimum Gasteiger partial charge on any atom is -0.393 e. The Bertz CT molecular complexity index is 255. The summed E-state index contributed by atoms with van der Waals surface area (Å²) in [7, 11) is 0. The summed E-state index contributed by atoms with van der Waals surface area (Å²) in [5.41, 5.74) is 0. The van der Waals surface area contributed by atoms with Gasteiger partial charge in [0.05, 0.1) is 6.10 Å². The van der Waals surface area contributed by atoms with E-state index in [1.165, 1.54) is 17.1 Å². The van der Waals surface area contributed by atoms with E-state index in [-0.39, 0.29) is 17.9 Å². The van der Waals surface area contributed by atoms with Crippen molar-refractivity contribution in [1.29, 1.82) is 0 Å². The Kier molecular flexibility index (Phi) is 3.41. The van der Waals surface area contributed by atoms with E-state index >= 15 is 0 Å². The normalized spacial score (nSPS) is 20.4. The van der Waals surface area contributed by atoms with Crippen LogP contribution in [0.3, 0.4) is 0 Å². The van der Waals surface area contributed by atoms with Gasteiger partial charge in [-0.3, -0.25) is 14.5 Å². The van der Waals surface area contributed by atoms with Crippen molar-refractivity contribution < 1.29 is 14.7 Å². The van der Waals surface area contributed by atoms with Crippen molar-refractivity contribution in [2.24, 2.45) is 0 Å². The van der Waals surface area contributed by atoms with E-state index in [1.54, 1.807) is 6.92 Å². The third-order valence-electron chi connectivity index (χ3n) is 2.37. The van der Waals surface area contributed by atoms with Crippen LogP contribution in [0.4, 0.5) is 0 Å². The molecule has 4 nitrogen and oxygen atoms in total. The highest BCUT2D eigenvalue weighted by molar-refractivity contribution is 6.13. The number of nitrogens with zero attached hydrogens (tertiary/aromatic N) is 1. The fourth-order valence-corrected chi connectivity index (χ4v) is 1.51. The summed E-state index contributed by atoms with van der Waals surface area (Å²) in [6, 6.07) is -0.236. The Hall–Kier alpha value is -1.16. The van der Waals surface area contributed by atoms with Gasteiger partial charge in [-0.05, 0) is 19.8 Å². The molecular weight excluding hydrogens is 182 g/mol. The van der Waals surface area contributed by atoms with Gasteiger partial charge in [-0.25, -0.2) is 0 Å². The Labute approximate surface area is 83.2 Å². The Morgan fingerprint density at radius 3 is 2.29 bits per heavy atom. The van der Waals surface area contributed by atoms with Gasteiger partial charge in [0.15, 0.2) is 0 Å². The lowest BCUT2D eigenvalue weighted by Crippen LogP contribution is -2.39. The molecule has 78 valence electrons. The number of rotatable bonds is 4. The molecule has 2 atom stereocenters. The summed E-state index contributed by atoms with van der Waals surface area (Å²) in [6.45, 7) is 3.63. The molecule has 4 heteroatoms. The molecule has 1 heterocycles. The molecule has 1 rings (SSSR count). The number of carbonyl (C=O) groups excluding carboxylic acids is 2. The molecule has 0 spiro atoms. The predicted octanol–water partition coefficient (Wildman–Crippen LogP) is 0.461. The minimum atomic E-state index is -0.453. The second-order valence-corrected chi connectivity index (χ2v) is 3.53. The number of hydrogen-bond acceptors (Lipinski definition) is 3. The first-order valence-corrected chi connectivity index (χ1v) is 4.79. The molecule has 0 saturated carbocycles. The molecule has 1 N–H and O–H groups in total.